The van der Waals surface area contributed by atoms with Gasteiger partial charge in [0.2, 0.25) is 12.5 Å². The van der Waals surface area contributed by atoms with E-state index < -0.39 is 24.4 Å². The zero-order valence-corrected chi connectivity index (χ0v) is 12.4. The summed E-state index contributed by atoms with van der Waals surface area (Å²) >= 11 is 0. The van der Waals surface area contributed by atoms with Gasteiger partial charge in [-0.15, -0.1) is 10.2 Å². The van der Waals surface area contributed by atoms with Crippen LogP contribution in [0, 0.1) is 11.8 Å². The molecule has 0 saturated carbocycles. The van der Waals surface area contributed by atoms with Gasteiger partial charge in [-0.25, -0.2) is 9.59 Å². The van der Waals surface area contributed by atoms with E-state index in [4.69, 9.17) is 9.47 Å². The van der Waals surface area contributed by atoms with E-state index in [-0.39, 0.29) is 11.8 Å². The molecular formula is C14H22N2O4. The fraction of sp³-hybridized carbons (Fsp3) is 0.571. The molecule has 6 heteroatoms. The second-order valence-corrected chi connectivity index (χ2v) is 4.78. The van der Waals surface area contributed by atoms with Gasteiger partial charge in [-0.05, 0) is 0 Å². The number of rotatable bonds is 8. The van der Waals surface area contributed by atoms with E-state index in [1.807, 2.05) is 27.7 Å². The van der Waals surface area contributed by atoms with Crippen LogP contribution in [0.3, 0.4) is 0 Å². The molecule has 0 radical (unpaired) electrons. The molecule has 2 unspecified atom stereocenters. The second-order valence-electron chi connectivity index (χ2n) is 4.78. The molecule has 20 heavy (non-hydrogen) atoms. The van der Waals surface area contributed by atoms with Crippen LogP contribution in [0.25, 0.3) is 0 Å². The molecule has 2 atom stereocenters. The van der Waals surface area contributed by atoms with E-state index in [9.17, 15) is 9.59 Å². The summed E-state index contributed by atoms with van der Waals surface area (Å²) in [6.07, 6.45) is 0.624. The number of azo groups is 1. The van der Waals surface area contributed by atoms with Crippen molar-refractivity contribution in [2.45, 2.75) is 40.2 Å². The van der Waals surface area contributed by atoms with Crippen LogP contribution >= 0.6 is 0 Å². The van der Waals surface area contributed by atoms with Crippen molar-refractivity contribution in [3.8, 4) is 0 Å². The third-order valence-electron chi connectivity index (χ3n) is 2.24. The van der Waals surface area contributed by atoms with Crippen LogP contribution in [-0.2, 0) is 19.1 Å². The maximum atomic E-state index is 11.2. The molecule has 112 valence electrons. The Hall–Kier alpha value is -1.98. The van der Waals surface area contributed by atoms with Gasteiger partial charge in [-0.3, -0.25) is 0 Å². The highest BCUT2D eigenvalue weighted by atomic mass is 16.6. The highest BCUT2D eigenvalue weighted by Gasteiger charge is 2.20. The predicted molar refractivity (Wildman–Crippen MR) is 74.7 cm³/mol. The first-order valence-corrected chi connectivity index (χ1v) is 6.37. The van der Waals surface area contributed by atoms with E-state index in [2.05, 4.69) is 23.4 Å². The Balaban J connectivity index is 4.85. The predicted octanol–water partition coefficient (Wildman–Crippen LogP) is 2.86. The fourth-order valence-electron chi connectivity index (χ4n) is 1.05. The average Bonchev–Trinajstić information content (AvgIpc) is 2.40. The first kappa shape index (κ1) is 18.0. The largest absolute Gasteiger partial charge is 0.435 e. The molecule has 0 aliphatic carbocycles. The maximum Gasteiger partial charge on any atom is 0.332 e. The molecule has 0 amide bonds. The Kier molecular flexibility index (Phi) is 8.12. The lowest BCUT2D eigenvalue weighted by molar-refractivity contribution is -0.148. The SMILES string of the molecule is C=CC(=O)OC(N=NC(OC(=O)C=C)C(C)C)C(C)C. The zero-order chi connectivity index (χ0) is 15.7. The van der Waals surface area contributed by atoms with Crippen LogP contribution in [0.2, 0.25) is 0 Å². The van der Waals surface area contributed by atoms with Crippen molar-refractivity contribution >= 4 is 11.9 Å². The minimum absolute atomic E-state index is 0.0643. The summed E-state index contributed by atoms with van der Waals surface area (Å²) in [4.78, 5) is 22.4. The molecule has 0 aliphatic heterocycles. The Morgan fingerprint density at radius 1 is 0.850 bits per heavy atom. The molecule has 0 aliphatic rings. The van der Waals surface area contributed by atoms with Gasteiger partial charge in [0.15, 0.2) is 0 Å². The summed E-state index contributed by atoms with van der Waals surface area (Å²) in [7, 11) is 0. The maximum absolute atomic E-state index is 11.2. The molecule has 0 aromatic rings. The van der Waals surface area contributed by atoms with Crippen molar-refractivity contribution in [1.82, 2.24) is 0 Å². The number of esters is 2. The molecule has 0 rings (SSSR count). The van der Waals surface area contributed by atoms with E-state index >= 15 is 0 Å². The van der Waals surface area contributed by atoms with Gasteiger partial charge in [0.1, 0.15) is 0 Å². The average molecular weight is 282 g/mol. The second kappa shape index (κ2) is 9.01. The number of ether oxygens (including phenoxy) is 2. The van der Waals surface area contributed by atoms with E-state index in [1.54, 1.807) is 0 Å². The number of hydrogen-bond donors (Lipinski definition) is 0. The zero-order valence-electron chi connectivity index (χ0n) is 12.4. The van der Waals surface area contributed by atoms with Crippen molar-refractivity contribution in [2.75, 3.05) is 0 Å². The van der Waals surface area contributed by atoms with Crippen LogP contribution in [0.5, 0.6) is 0 Å². The molecule has 0 fully saturated rings. The molecule has 0 heterocycles. The van der Waals surface area contributed by atoms with Gasteiger partial charge in [0, 0.05) is 24.0 Å². The number of nitrogens with zero attached hydrogens (tertiary/aromatic N) is 2. The standard InChI is InChI=1S/C14H22N2O4/c1-7-11(17)19-13(9(3)4)15-16-14(10(5)6)20-12(18)8-2/h7-10,13-14H,1-2H2,3-6H3. The molecule has 0 N–H and O–H groups in total. The number of carbonyl (C=O) groups is 2. The Morgan fingerprint density at radius 2 is 1.15 bits per heavy atom. The van der Waals surface area contributed by atoms with Gasteiger partial charge in [-0.2, -0.15) is 0 Å². The Bertz CT molecular complexity index is 353. The molecule has 0 aromatic carbocycles. The first-order chi connectivity index (χ1) is 9.31. The molecule has 6 nitrogen and oxygen atoms in total. The summed E-state index contributed by atoms with van der Waals surface area (Å²) in [5.41, 5.74) is 0. The highest BCUT2D eigenvalue weighted by Crippen LogP contribution is 2.14. The smallest absolute Gasteiger partial charge is 0.332 e. The van der Waals surface area contributed by atoms with Crippen molar-refractivity contribution in [2.24, 2.45) is 22.1 Å². The minimum Gasteiger partial charge on any atom is -0.435 e. The lowest BCUT2D eigenvalue weighted by Crippen LogP contribution is -2.23. The summed E-state index contributed by atoms with van der Waals surface area (Å²) < 4.78 is 10.1. The molecule has 0 spiro atoms. The molecular weight excluding hydrogens is 260 g/mol. The van der Waals surface area contributed by atoms with Crippen molar-refractivity contribution in [1.29, 1.82) is 0 Å². The topological polar surface area (TPSA) is 77.3 Å². The summed E-state index contributed by atoms with van der Waals surface area (Å²) in [6, 6.07) is 0. The third-order valence-corrected chi connectivity index (χ3v) is 2.24. The molecule has 0 aromatic heterocycles. The Morgan fingerprint density at radius 3 is 1.35 bits per heavy atom. The van der Waals surface area contributed by atoms with Crippen LogP contribution in [0.1, 0.15) is 27.7 Å². The Labute approximate surface area is 119 Å². The van der Waals surface area contributed by atoms with E-state index in [0.29, 0.717) is 0 Å². The van der Waals surface area contributed by atoms with Crippen LogP contribution < -0.4 is 0 Å². The third kappa shape index (κ3) is 6.82. The lowest BCUT2D eigenvalue weighted by Gasteiger charge is -2.18. The van der Waals surface area contributed by atoms with Crippen LogP contribution in [0.15, 0.2) is 35.5 Å². The number of hydrogen-bond acceptors (Lipinski definition) is 6. The quantitative estimate of drug-likeness (QED) is 0.389. The normalized spacial score (nSPS) is 14.1. The monoisotopic (exact) mass is 282 g/mol. The van der Waals surface area contributed by atoms with Gasteiger partial charge >= 0.3 is 11.9 Å². The summed E-state index contributed by atoms with van der Waals surface area (Å²) in [5.74, 6) is -1.28. The van der Waals surface area contributed by atoms with Gasteiger partial charge in [0.05, 0.1) is 0 Å². The summed E-state index contributed by atoms with van der Waals surface area (Å²) in [6.45, 7) is 14.0. The van der Waals surface area contributed by atoms with Crippen molar-refractivity contribution < 1.29 is 19.1 Å². The highest BCUT2D eigenvalue weighted by molar-refractivity contribution is 5.81. The lowest BCUT2D eigenvalue weighted by atomic mass is 10.2. The van der Waals surface area contributed by atoms with Gasteiger partial charge < -0.3 is 9.47 Å². The van der Waals surface area contributed by atoms with E-state index in [1.165, 1.54) is 0 Å². The van der Waals surface area contributed by atoms with E-state index in [0.717, 1.165) is 12.2 Å². The van der Waals surface area contributed by atoms with Gasteiger partial charge in [-0.1, -0.05) is 40.9 Å². The number of carbonyl (C=O) groups excluding carboxylic acids is 2. The molecule has 0 saturated heterocycles. The summed E-state index contributed by atoms with van der Waals surface area (Å²) in [5, 5.41) is 7.89. The van der Waals surface area contributed by atoms with Crippen LogP contribution in [0.4, 0.5) is 0 Å². The van der Waals surface area contributed by atoms with Crippen LogP contribution in [-0.4, -0.2) is 24.4 Å². The fourth-order valence-corrected chi connectivity index (χ4v) is 1.05. The van der Waals surface area contributed by atoms with Gasteiger partial charge in [0.25, 0.3) is 0 Å². The molecule has 0 bridgehead atoms. The van der Waals surface area contributed by atoms with Crippen molar-refractivity contribution in [3.05, 3.63) is 25.3 Å². The first-order valence-electron chi connectivity index (χ1n) is 6.37. The minimum atomic E-state index is -0.746. The van der Waals surface area contributed by atoms with Crippen molar-refractivity contribution in [3.63, 3.8) is 0 Å².